The highest BCUT2D eigenvalue weighted by Gasteiger charge is 2.02. The van der Waals surface area contributed by atoms with Crippen LogP contribution >= 0.6 is 24.0 Å². The van der Waals surface area contributed by atoms with Crippen LogP contribution in [0.4, 0.5) is 0 Å². The number of nitrogens with zero attached hydrogens (tertiary/aromatic N) is 1. The summed E-state index contributed by atoms with van der Waals surface area (Å²) in [7, 11) is 0. The van der Waals surface area contributed by atoms with Crippen molar-refractivity contribution in [2.24, 2.45) is 10.7 Å². The van der Waals surface area contributed by atoms with Gasteiger partial charge in [0.25, 0.3) is 0 Å². The zero-order valence-electron chi connectivity index (χ0n) is 10.4. The third-order valence-electron chi connectivity index (χ3n) is 2.33. The molecule has 0 fully saturated rings. The minimum atomic E-state index is 0. The van der Waals surface area contributed by atoms with E-state index in [1.165, 1.54) is 5.57 Å². The number of rotatable bonds is 5. The molecule has 0 saturated heterocycles. The molecule has 0 saturated carbocycles. The average Bonchev–Trinajstić information content (AvgIpc) is 2.28. The number of aliphatic imine (C=N–C) groups is 1. The summed E-state index contributed by atoms with van der Waals surface area (Å²) < 4.78 is 5.24. The molecule has 0 aliphatic carbocycles. The monoisotopic (exact) mass is 351 g/mol. The van der Waals surface area contributed by atoms with Gasteiger partial charge in [-0.1, -0.05) is 23.8 Å². The molecule has 1 aliphatic heterocycles. The second-order valence-corrected chi connectivity index (χ2v) is 4.02. The first-order chi connectivity index (χ1) is 7.68. The fraction of sp³-hybridized carbons (Fsp3) is 0.583. The smallest absolute Gasteiger partial charge is 0.188 e. The predicted molar refractivity (Wildman–Crippen MR) is 82.9 cm³/mol. The zero-order valence-corrected chi connectivity index (χ0v) is 12.7. The Bertz CT molecular complexity index is 300. The van der Waals surface area contributed by atoms with Crippen LogP contribution in [0.25, 0.3) is 0 Å². The van der Waals surface area contributed by atoms with Gasteiger partial charge >= 0.3 is 0 Å². The van der Waals surface area contributed by atoms with Crippen LogP contribution < -0.4 is 11.1 Å². The summed E-state index contributed by atoms with van der Waals surface area (Å²) in [6.07, 6.45) is 4.18. The van der Waals surface area contributed by atoms with Crippen LogP contribution in [0.1, 0.15) is 19.8 Å². The van der Waals surface area contributed by atoms with Crippen LogP contribution in [0.15, 0.2) is 28.8 Å². The topological polar surface area (TPSA) is 59.6 Å². The van der Waals surface area contributed by atoms with Crippen molar-refractivity contribution < 1.29 is 4.74 Å². The first-order valence-electron chi connectivity index (χ1n) is 5.62. The minimum Gasteiger partial charge on any atom is -0.377 e. The van der Waals surface area contributed by atoms with Crippen LogP contribution in [0.5, 0.6) is 0 Å². The highest BCUT2D eigenvalue weighted by atomic mass is 127. The highest BCUT2D eigenvalue weighted by molar-refractivity contribution is 14.0. The summed E-state index contributed by atoms with van der Waals surface area (Å²) in [4.78, 5) is 4.15. The van der Waals surface area contributed by atoms with E-state index in [-0.39, 0.29) is 24.0 Å². The summed E-state index contributed by atoms with van der Waals surface area (Å²) in [6.45, 7) is 8.71. The van der Waals surface area contributed by atoms with E-state index in [9.17, 15) is 0 Å². The summed E-state index contributed by atoms with van der Waals surface area (Å²) in [5.41, 5.74) is 8.14. The summed E-state index contributed by atoms with van der Waals surface area (Å²) >= 11 is 0. The number of nitrogens with one attached hydrogen (secondary N) is 1. The van der Waals surface area contributed by atoms with Crippen LogP contribution in [-0.2, 0) is 4.74 Å². The first-order valence-corrected chi connectivity index (χ1v) is 5.62. The van der Waals surface area contributed by atoms with Gasteiger partial charge in [-0.05, 0) is 19.8 Å². The fourth-order valence-electron chi connectivity index (χ4n) is 1.42. The maximum absolute atomic E-state index is 5.69. The molecule has 3 N–H and O–H groups in total. The largest absolute Gasteiger partial charge is 0.377 e. The lowest BCUT2D eigenvalue weighted by molar-refractivity contribution is 0.153. The van der Waals surface area contributed by atoms with Crippen molar-refractivity contribution >= 4 is 29.9 Å². The quantitative estimate of drug-likeness (QED) is 0.344. The Morgan fingerprint density at radius 3 is 3.00 bits per heavy atom. The number of hydrogen-bond acceptors (Lipinski definition) is 2. The predicted octanol–water partition coefficient (Wildman–Crippen LogP) is 1.82. The van der Waals surface area contributed by atoms with E-state index in [0.29, 0.717) is 12.5 Å². The minimum absolute atomic E-state index is 0. The van der Waals surface area contributed by atoms with Gasteiger partial charge in [-0.3, -0.25) is 0 Å². The lowest BCUT2D eigenvalue weighted by Crippen LogP contribution is -2.33. The van der Waals surface area contributed by atoms with Crippen molar-refractivity contribution in [3.63, 3.8) is 0 Å². The van der Waals surface area contributed by atoms with Crippen molar-refractivity contribution in [3.05, 3.63) is 23.8 Å². The lowest BCUT2D eigenvalue weighted by Gasteiger charge is -2.13. The highest BCUT2D eigenvalue weighted by Crippen LogP contribution is 2.10. The Kier molecular flexibility index (Phi) is 9.16. The van der Waals surface area contributed by atoms with E-state index in [0.717, 1.165) is 38.2 Å². The van der Waals surface area contributed by atoms with Crippen molar-refractivity contribution in [3.8, 4) is 0 Å². The summed E-state index contributed by atoms with van der Waals surface area (Å²) in [5.74, 6) is 0.496. The Balaban J connectivity index is 0.00000256. The zero-order chi connectivity index (χ0) is 11.8. The number of ether oxygens (including phenoxy) is 1. The Morgan fingerprint density at radius 2 is 2.41 bits per heavy atom. The van der Waals surface area contributed by atoms with E-state index < -0.39 is 0 Å². The van der Waals surface area contributed by atoms with Gasteiger partial charge in [0, 0.05) is 6.54 Å². The van der Waals surface area contributed by atoms with Crippen molar-refractivity contribution in [1.29, 1.82) is 0 Å². The SMILES string of the molecule is C=C(C)CN=C(N)NCCC1=CCOCC1.I. The average molecular weight is 351 g/mol. The van der Waals surface area contributed by atoms with Gasteiger partial charge in [0.15, 0.2) is 5.96 Å². The van der Waals surface area contributed by atoms with Gasteiger partial charge < -0.3 is 15.8 Å². The molecule has 98 valence electrons. The molecule has 0 atom stereocenters. The molecule has 4 nitrogen and oxygen atoms in total. The fourth-order valence-corrected chi connectivity index (χ4v) is 1.42. The molecule has 0 amide bonds. The molecule has 0 aromatic rings. The van der Waals surface area contributed by atoms with Crippen molar-refractivity contribution in [2.45, 2.75) is 19.8 Å². The normalized spacial score (nSPS) is 15.8. The Morgan fingerprint density at radius 1 is 1.65 bits per heavy atom. The third-order valence-corrected chi connectivity index (χ3v) is 2.33. The van der Waals surface area contributed by atoms with Gasteiger partial charge in [-0.25, -0.2) is 4.99 Å². The van der Waals surface area contributed by atoms with Crippen molar-refractivity contribution in [2.75, 3.05) is 26.3 Å². The summed E-state index contributed by atoms with van der Waals surface area (Å²) in [6, 6.07) is 0. The van der Waals surface area contributed by atoms with Gasteiger partial charge in [-0.2, -0.15) is 0 Å². The van der Waals surface area contributed by atoms with Gasteiger partial charge in [0.2, 0.25) is 0 Å². The molecule has 1 aliphatic rings. The van der Waals surface area contributed by atoms with E-state index in [2.05, 4.69) is 23.0 Å². The van der Waals surface area contributed by atoms with Crippen molar-refractivity contribution in [1.82, 2.24) is 5.32 Å². The van der Waals surface area contributed by atoms with E-state index in [1.807, 2.05) is 6.92 Å². The van der Waals surface area contributed by atoms with Crippen LogP contribution in [0.2, 0.25) is 0 Å². The molecule has 0 aromatic heterocycles. The maximum atomic E-state index is 5.69. The molecule has 17 heavy (non-hydrogen) atoms. The molecule has 0 unspecified atom stereocenters. The molecular formula is C12H22IN3O. The molecule has 1 rings (SSSR count). The number of hydrogen-bond donors (Lipinski definition) is 2. The molecule has 1 heterocycles. The van der Waals surface area contributed by atoms with E-state index in [4.69, 9.17) is 10.5 Å². The number of guanidine groups is 1. The molecular weight excluding hydrogens is 329 g/mol. The molecule has 5 heteroatoms. The maximum Gasteiger partial charge on any atom is 0.188 e. The number of halogens is 1. The van der Waals surface area contributed by atoms with Gasteiger partial charge in [-0.15, -0.1) is 24.0 Å². The van der Waals surface area contributed by atoms with Gasteiger partial charge in [0.05, 0.1) is 19.8 Å². The molecule has 0 aromatic carbocycles. The van der Waals surface area contributed by atoms with Crippen LogP contribution in [0.3, 0.4) is 0 Å². The first kappa shape index (κ1) is 16.4. The van der Waals surface area contributed by atoms with E-state index >= 15 is 0 Å². The second kappa shape index (κ2) is 9.47. The van der Waals surface area contributed by atoms with Crippen LogP contribution in [0, 0.1) is 0 Å². The van der Waals surface area contributed by atoms with Gasteiger partial charge in [0.1, 0.15) is 0 Å². The second-order valence-electron chi connectivity index (χ2n) is 4.02. The third kappa shape index (κ3) is 8.20. The standard InChI is InChI=1S/C12H21N3O.HI/c1-10(2)9-15-12(13)14-6-3-11-4-7-16-8-5-11;/h4H,1,3,5-9H2,2H3,(H3,13,14,15);1H. The van der Waals surface area contributed by atoms with E-state index in [1.54, 1.807) is 0 Å². The number of nitrogens with two attached hydrogens (primary N) is 1. The lowest BCUT2D eigenvalue weighted by atomic mass is 10.1. The molecule has 0 bridgehead atoms. The molecule has 0 radical (unpaired) electrons. The summed E-state index contributed by atoms with van der Waals surface area (Å²) in [5, 5.41) is 3.09. The Labute approximate surface area is 120 Å². The van der Waals surface area contributed by atoms with Crippen LogP contribution in [-0.4, -0.2) is 32.3 Å². The Hall–Kier alpha value is -0.560. The molecule has 0 spiro atoms.